The molecule has 0 fully saturated rings. The maximum atomic E-state index is 11.9. The minimum absolute atomic E-state index is 0.0278. The van der Waals surface area contributed by atoms with Gasteiger partial charge in [0.05, 0.1) is 15.4 Å². The standard InChI is InChI=1S/C17H15N3OS/c21-17-12-6-2-1-5-11(12)16(19-20-17)15-9-8-14(22-15)13-7-3-4-10-18-13/h3-4,7-10H,1-2,5-6H2,(H,20,21). The van der Waals surface area contributed by atoms with Crippen molar-refractivity contribution < 1.29 is 0 Å². The van der Waals surface area contributed by atoms with Crippen molar-refractivity contribution in [3.8, 4) is 21.1 Å². The Morgan fingerprint density at radius 3 is 2.64 bits per heavy atom. The largest absolute Gasteiger partial charge is 0.268 e. The van der Waals surface area contributed by atoms with E-state index in [1.54, 1.807) is 17.5 Å². The number of nitrogens with zero attached hydrogens (tertiary/aromatic N) is 2. The third-order valence-corrected chi connectivity index (χ3v) is 5.17. The zero-order valence-electron chi connectivity index (χ0n) is 12.0. The monoisotopic (exact) mass is 309 g/mol. The van der Waals surface area contributed by atoms with Crippen molar-refractivity contribution in [2.75, 3.05) is 0 Å². The molecule has 110 valence electrons. The highest BCUT2D eigenvalue weighted by atomic mass is 32.1. The first-order chi connectivity index (χ1) is 10.8. The molecule has 0 saturated heterocycles. The maximum absolute atomic E-state index is 11.9. The molecule has 0 bridgehead atoms. The van der Waals surface area contributed by atoms with Gasteiger partial charge in [0, 0.05) is 11.8 Å². The van der Waals surface area contributed by atoms with Gasteiger partial charge in [0.2, 0.25) is 0 Å². The van der Waals surface area contributed by atoms with Crippen LogP contribution in [0.4, 0.5) is 0 Å². The lowest BCUT2D eigenvalue weighted by Gasteiger charge is -2.16. The van der Waals surface area contributed by atoms with Crippen LogP contribution < -0.4 is 5.56 Å². The Morgan fingerprint density at radius 1 is 1.00 bits per heavy atom. The van der Waals surface area contributed by atoms with Gasteiger partial charge in [-0.05, 0) is 55.5 Å². The highest BCUT2D eigenvalue weighted by molar-refractivity contribution is 7.18. The molecule has 4 nitrogen and oxygen atoms in total. The minimum atomic E-state index is -0.0278. The van der Waals surface area contributed by atoms with Gasteiger partial charge in [0.15, 0.2) is 0 Å². The Morgan fingerprint density at radius 2 is 1.82 bits per heavy atom. The van der Waals surface area contributed by atoms with Crippen molar-refractivity contribution in [1.29, 1.82) is 0 Å². The van der Waals surface area contributed by atoms with E-state index in [9.17, 15) is 4.79 Å². The number of pyridine rings is 1. The van der Waals surface area contributed by atoms with Crippen molar-refractivity contribution in [2.45, 2.75) is 25.7 Å². The van der Waals surface area contributed by atoms with Gasteiger partial charge in [-0.15, -0.1) is 11.3 Å². The summed E-state index contributed by atoms with van der Waals surface area (Å²) in [5, 5.41) is 6.98. The second kappa shape index (κ2) is 5.50. The van der Waals surface area contributed by atoms with Gasteiger partial charge >= 0.3 is 0 Å². The second-order valence-electron chi connectivity index (χ2n) is 5.44. The summed E-state index contributed by atoms with van der Waals surface area (Å²) in [6.07, 6.45) is 5.82. The van der Waals surface area contributed by atoms with Gasteiger partial charge in [-0.2, -0.15) is 5.10 Å². The van der Waals surface area contributed by atoms with E-state index in [4.69, 9.17) is 0 Å². The first-order valence-electron chi connectivity index (χ1n) is 7.45. The first-order valence-corrected chi connectivity index (χ1v) is 8.26. The summed E-state index contributed by atoms with van der Waals surface area (Å²) >= 11 is 1.67. The van der Waals surface area contributed by atoms with Crippen LogP contribution in [0.2, 0.25) is 0 Å². The van der Waals surface area contributed by atoms with Gasteiger partial charge in [-0.25, -0.2) is 5.10 Å². The van der Waals surface area contributed by atoms with E-state index in [1.165, 1.54) is 0 Å². The van der Waals surface area contributed by atoms with E-state index < -0.39 is 0 Å². The lowest BCUT2D eigenvalue weighted by molar-refractivity contribution is 0.669. The fraction of sp³-hybridized carbons (Fsp3) is 0.235. The third kappa shape index (κ3) is 2.27. The highest BCUT2D eigenvalue weighted by Crippen LogP contribution is 2.35. The minimum Gasteiger partial charge on any atom is -0.268 e. The van der Waals surface area contributed by atoms with Crippen LogP contribution in [0.15, 0.2) is 41.3 Å². The van der Waals surface area contributed by atoms with Crippen LogP contribution in [0.25, 0.3) is 21.1 Å². The van der Waals surface area contributed by atoms with E-state index in [-0.39, 0.29) is 5.56 Å². The van der Waals surface area contributed by atoms with Crippen molar-refractivity contribution in [3.63, 3.8) is 0 Å². The molecule has 0 spiro atoms. The summed E-state index contributed by atoms with van der Waals surface area (Å²) in [5.74, 6) is 0. The van der Waals surface area contributed by atoms with E-state index in [1.807, 2.05) is 18.2 Å². The van der Waals surface area contributed by atoms with Crippen LogP contribution in [-0.4, -0.2) is 15.2 Å². The topological polar surface area (TPSA) is 58.6 Å². The molecule has 3 aromatic heterocycles. The number of H-pyrrole nitrogens is 1. The molecule has 5 heteroatoms. The fourth-order valence-electron chi connectivity index (χ4n) is 2.97. The fourth-order valence-corrected chi connectivity index (χ4v) is 3.97. The molecule has 0 aliphatic heterocycles. The molecule has 22 heavy (non-hydrogen) atoms. The van der Waals surface area contributed by atoms with Gasteiger partial charge in [-0.3, -0.25) is 9.78 Å². The van der Waals surface area contributed by atoms with Crippen molar-refractivity contribution >= 4 is 11.3 Å². The smallest absolute Gasteiger partial charge is 0.267 e. The molecule has 0 radical (unpaired) electrons. The number of aromatic nitrogens is 3. The van der Waals surface area contributed by atoms with Crippen molar-refractivity contribution in [2.24, 2.45) is 0 Å². The summed E-state index contributed by atoms with van der Waals surface area (Å²) < 4.78 is 0. The lowest BCUT2D eigenvalue weighted by atomic mass is 9.91. The highest BCUT2D eigenvalue weighted by Gasteiger charge is 2.20. The number of rotatable bonds is 2. The van der Waals surface area contributed by atoms with Crippen molar-refractivity contribution in [3.05, 3.63) is 58.0 Å². The van der Waals surface area contributed by atoms with Crippen LogP contribution in [0.1, 0.15) is 24.0 Å². The number of fused-ring (bicyclic) bond motifs is 1. The Hall–Kier alpha value is -2.27. The summed E-state index contributed by atoms with van der Waals surface area (Å²) in [6.45, 7) is 0. The summed E-state index contributed by atoms with van der Waals surface area (Å²) in [4.78, 5) is 18.6. The number of nitrogens with one attached hydrogen (secondary N) is 1. The Kier molecular flexibility index (Phi) is 3.35. The van der Waals surface area contributed by atoms with Gasteiger partial charge in [0.1, 0.15) is 5.69 Å². The Bertz CT molecular complexity index is 867. The molecule has 3 heterocycles. The molecule has 1 aliphatic carbocycles. The molecule has 0 amide bonds. The third-order valence-electron chi connectivity index (χ3n) is 4.05. The molecule has 1 aliphatic rings. The Labute approximate surface area is 131 Å². The normalized spacial score (nSPS) is 13.8. The predicted octanol–water partition coefficient (Wildman–Crippen LogP) is 3.44. The zero-order chi connectivity index (χ0) is 14.9. The van der Waals surface area contributed by atoms with Gasteiger partial charge in [-0.1, -0.05) is 6.07 Å². The molecule has 4 rings (SSSR count). The van der Waals surface area contributed by atoms with E-state index >= 15 is 0 Å². The van der Waals surface area contributed by atoms with E-state index in [0.717, 1.165) is 58.0 Å². The molecular weight excluding hydrogens is 294 g/mol. The summed E-state index contributed by atoms with van der Waals surface area (Å²) in [6, 6.07) is 10.1. The lowest BCUT2D eigenvalue weighted by Crippen LogP contribution is -2.21. The van der Waals surface area contributed by atoms with Crippen LogP contribution in [0, 0.1) is 0 Å². The number of hydrogen-bond donors (Lipinski definition) is 1. The molecular formula is C17H15N3OS. The molecule has 0 aromatic carbocycles. The number of hydrogen-bond acceptors (Lipinski definition) is 4. The van der Waals surface area contributed by atoms with Crippen LogP contribution in [-0.2, 0) is 12.8 Å². The van der Waals surface area contributed by atoms with E-state index in [2.05, 4.69) is 27.3 Å². The maximum Gasteiger partial charge on any atom is 0.267 e. The summed E-state index contributed by atoms with van der Waals surface area (Å²) in [5.41, 5.74) is 3.92. The van der Waals surface area contributed by atoms with Gasteiger partial charge in [0.25, 0.3) is 5.56 Å². The number of thiophene rings is 1. The van der Waals surface area contributed by atoms with Crippen molar-refractivity contribution in [1.82, 2.24) is 15.2 Å². The summed E-state index contributed by atoms with van der Waals surface area (Å²) in [7, 11) is 0. The Balaban J connectivity index is 1.81. The molecule has 1 N–H and O–H groups in total. The predicted molar refractivity (Wildman–Crippen MR) is 88.0 cm³/mol. The molecule has 3 aromatic rings. The zero-order valence-corrected chi connectivity index (χ0v) is 12.8. The SMILES string of the molecule is O=c1[nH]nc(-c2ccc(-c3ccccn3)s2)c2c1CCCC2. The molecule has 0 atom stereocenters. The quantitative estimate of drug-likeness (QED) is 0.789. The average molecular weight is 309 g/mol. The number of aromatic amines is 1. The first kappa shape index (κ1) is 13.4. The molecule has 0 unspecified atom stereocenters. The van der Waals surface area contributed by atoms with E-state index in [0.29, 0.717) is 0 Å². The van der Waals surface area contributed by atoms with Crippen LogP contribution in [0.5, 0.6) is 0 Å². The van der Waals surface area contributed by atoms with Gasteiger partial charge < -0.3 is 0 Å². The average Bonchev–Trinajstić information content (AvgIpc) is 3.06. The van der Waals surface area contributed by atoms with Crippen LogP contribution in [0.3, 0.4) is 0 Å². The molecule has 0 saturated carbocycles. The second-order valence-corrected chi connectivity index (χ2v) is 6.53. The van der Waals surface area contributed by atoms with Crippen LogP contribution >= 0.6 is 11.3 Å².